The van der Waals surface area contributed by atoms with Crippen LogP contribution in [0.5, 0.6) is 0 Å². The van der Waals surface area contributed by atoms with Crippen LogP contribution in [0.2, 0.25) is 18.1 Å². The molecule has 0 aliphatic carbocycles. The van der Waals surface area contributed by atoms with Gasteiger partial charge in [-0.15, -0.1) is 6.58 Å². The average molecular weight is 214 g/mol. The van der Waals surface area contributed by atoms with Crippen molar-refractivity contribution in [2.75, 3.05) is 6.61 Å². The number of ether oxygens (including phenoxy) is 1. The molecule has 0 N–H and O–H groups in total. The van der Waals surface area contributed by atoms with Crippen LogP contribution in [0, 0.1) is 0 Å². The van der Waals surface area contributed by atoms with Crippen molar-refractivity contribution < 1.29 is 9.16 Å². The summed E-state index contributed by atoms with van der Waals surface area (Å²) in [6.07, 6.45) is 2.35. The van der Waals surface area contributed by atoms with Gasteiger partial charge in [0.2, 0.25) is 0 Å². The Morgan fingerprint density at radius 3 is 2.36 bits per heavy atom. The summed E-state index contributed by atoms with van der Waals surface area (Å²) in [5, 5.41) is 0.283. The summed E-state index contributed by atoms with van der Waals surface area (Å²) in [5.74, 6) is 0. The first kappa shape index (κ1) is 11.9. The molecule has 0 aromatic rings. The molecular formula is C11H22O2Si. The minimum atomic E-state index is -1.58. The summed E-state index contributed by atoms with van der Waals surface area (Å²) in [6.45, 7) is 15.7. The van der Waals surface area contributed by atoms with Crippen LogP contribution in [-0.2, 0) is 9.16 Å². The van der Waals surface area contributed by atoms with Gasteiger partial charge in [0.1, 0.15) is 12.2 Å². The summed E-state index contributed by atoms with van der Waals surface area (Å²) in [7, 11) is -1.58. The minimum absolute atomic E-state index is 0.236. The molecule has 0 spiro atoms. The highest BCUT2D eigenvalue weighted by Crippen LogP contribution is 2.37. The average Bonchev–Trinajstić information content (AvgIpc) is 2.77. The van der Waals surface area contributed by atoms with Gasteiger partial charge >= 0.3 is 0 Å². The standard InChI is InChI=1S/C11H22O2Si/c1-7-9-10(13-9)8-12-14(5,6)11(2,3)4/h7,9-10H,1,8H2,2-6H3. The van der Waals surface area contributed by atoms with Crippen molar-refractivity contribution in [2.24, 2.45) is 0 Å². The SMILES string of the molecule is C=CC1OC1CO[Si](C)(C)C(C)(C)C. The predicted octanol–water partition coefficient (Wildman–Crippen LogP) is 2.96. The topological polar surface area (TPSA) is 21.8 Å². The fraction of sp³-hybridized carbons (Fsp3) is 0.818. The lowest BCUT2D eigenvalue weighted by Gasteiger charge is -2.35. The van der Waals surface area contributed by atoms with Crippen molar-refractivity contribution >= 4 is 8.32 Å². The lowest BCUT2D eigenvalue weighted by molar-refractivity contribution is 0.242. The molecule has 0 amide bonds. The Bertz CT molecular complexity index is 218. The summed E-state index contributed by atoms with van der Waals surface area (Å²) in [5.41, 5.74) is 0. The van der Waals surface area contributed by atoms with Crippen LogP contribution in [0.1, 0.15) is 20.8 Å². The van der Waals surface area contributed by atoms with E-state index in [0.29, 0.717) is 0 Å². The molecule has 2 atom stereocenters. The molecule has 1 rings (SSSR count). The Labute approximate surface area is 88.4 Å². The largest absolute Gasteiger partial charge is 0.414 e. The van der Waals surface area contributed by atoms with Crippen molar-refractivity contribution in [3.63, 3.8) is 0 Å². The van der Waals surface area contributed by atoms with Gasteiger partial charge in [-0.2, -0.15) is 0 Å². The maximum atomic E-state index is 6.02. The summed E-state index contributed by atoms with van der Waals surface area (Å²) in [4.78, 5) is 0. The molecule has 1 aliphatic rings. The normalized spacial score (nSPS) is 27.5. The van der Waals surface area contributed by atoms with Crippen LogP contribution < -0.4 is 0 Å². The van der Waals surface area contributed by atoms with Crippen LogP contribution in [-0.4, -0.2) is 27.1 Å². The fourth-order valence-electron chi connectivity index (χ4n) is 1.00. The number of epoxide rings is 1. The molecule has 1 saturated heterocycles. The molecule has 82 valence electrons. The van der Waals surface area contributed by atoms with E-state index in [1.54, 1.807) is 0 Å². The number of hydrogen-bond acceptors (Lipinski definition) is 2. The molecule has 1 aliphatic heterocycles. The molecule has 1 heterocycles. The summed E-state index contributed by atoms with van der Waals surface area (Å²) >= 11 is 0. The number of hydrogen-bond donors (Lipinski definition) is 0. The third kappa shape index (κ3) is 2.68. The maximum absolute atomic E-state index is 6.02. The molecule has 0 saturated carbocycles. The van der Waals surface area contributed by atoms with Crippen LogP contribution in [0.3, 0.4) is 0 Å². The van der Waals surface area contributed by atoms with Gasteiger partial charge in [-0.3, -0.25) is 0 Å². The third-order valence-corrected chi connectivity index (χ3v) is 7.77. The van der Waals surface area contributed by atoms with Gasteiger partial charge in [-0.1, -0.05) is 26.8 Å². The molecule has 2 nitrogen and oxygen atoms in total. The van der Waals surface area contributed by atoms with Crippen molar-refractivity contribution in [2.45, 2.75) is 51.1 Å². The van der Waals surface area contributed by atoms with Crippen LogP contribution in [0.25, 0.3) is 0 Å². The van der Waals surface area contributed by atoms with Gasteiger partial charge in [-0.05, 0) is 18.1 Å². The van der Waals surface area contributed by atoms with E-state index in [1.807, 2.05) is 6.08 Å². The second kappa shape index (κ2) is 3.80. The molecule has 0 aromatic heterocycles. The zero-order valence-electron chi connectivity index (χ0n) is 9.96. The predicted molar refractivity (Wildman–Crippen MR) is 62.0 cm³/mol. The minimum Gasteiger partial charge on any atom is -0.414 e. The molecule has 0 bridgehead atoms. The van der Waals surface area contributed by atoms with E-state index in [9.17, 15) is 0 Å². The van der Waals surface area contributed by atoms with Crippen LogP contribution in [0.15, 0.2) is 12.7 Å². The molecule has 14 heavy (non-hydrogen) atoms. The van der Waals surface area contributed by atoms with Crippen molar-refractivity contribution in [3.8, 4) is 0 Å². The summed E-state index contributed by atoms with van der Waals surface area (Å²) in [6, 6.07) is 0. The summed E-state index contributed by atoms with van der Waals surface area (Å²) < 4.78 is 11.4. The van der Waals surface area contributed by atoms with E-state index in [-0.39, 0.29) is 17.2 Å². The quantitative estimate of drug-likeness (QED) is 0.408. The highest BCUT2D eigenvalue weighted by Gasteiger charge is 2.42. The van der Waals surface area contributed by atoms with Crippen LogP contribution in [0.4, 0.5) is 0 Å². The maximum Gasteiger partial charge on any atom is 0.192 e. The Morgan fingerprint density at radius 2 is 2.00 bits per heavy atom. The molecule has 3 heteroatoms. The first-order chi connectivity index (χ1) is 6.28. The Kier molecular flexibility index (Phi) is 3.24. The van der Waals surface area contributed by atoms with Gasteiger partial charge < -0.3 is 9.16 Å². The van der Waals surface area contributed by atoms with E-state index in [2.05, 4.69) is 40.4 Å². The lowest BCUT2D eigenvalue weighted by Crippen LogP contribution is -2.41. The third-order valence-electron chi connectivity index (χ3n) is 3.27. The highest BCUT2D eigenvalue weighted by molar-refractivity contribution is 6.74. The van der Waals surface area contributed by atoms with Crippen LogP contribution >= 0.6 is 0 Å². The van der Waals surface area contributed by atoms with E-state index in [0.717, 1.165) is 6.61 Å². The van der Waals surface area contributed by atoms with Gasteiger partial charge in [0.25, 0.3) is 0 Å². The Hall–Kier alpha value is -0.123. The Morgan fingerprint density at radius 1 is 1.43 bits per heavy atom. The molecule has 1 fully saturated rings. The first-order valence-electron chi connectivity index (χ1n) is 5.20. The van der Waals surface area contributed by atoms with Crippen molar-refractivity contribution in [1.29, 1.82) is 0 Å². The van der Waals surface area contributed by atoms with Gasteiger partial charge in [-0.25, -0.2) is 0 Å². The molecular weight excluding hydrogens is 192 g/mol. The lowest BCUT2D eigenvalue weighted by atomic mass is 10.2. The van der Waals surface area contributed by atoms with E-state index in [1.165, 1.54) is 0 Å². The zero-order valence-corrected chi connectivity index (χ0v) is 11.0. The molecule has 0 aromatic carbocycles. The second-order valence-electron chi connectivity index (χ2n) is 5.45. The van der Waals surface area contributed by atoms with Gasteiger partial charge in [0, 0.05) is 0 Å². The zero-order chi connectivity index (χ0) is 11.0. The van der Waals surface area contributed by atoms with Crippen molar-refractivity contribution in [1.82, 2.24) is 0 Å². The second-order valence-corrected chi connectivity index (χ2v) is 10.3. The fourth-order valence-corrected chi connectivity index (χ4v) is 2.02. The van der Waals surface area contributed by atoms with Gasteiger partial charge in [0.15, 0.2) is 8.32 Å². The van der Waals surface area contributed by atoms with E-state index < -0.39 is 8.32 Å². The van der Waals surface area contributed by atoms with Gasteiger partial charge in [0.05, 0.1) is 6.61 Å². The smallest absolute Gasteiger partial charge is 0.192 e. The monoisotopic (exact) mass is 214 g/mol. The van der Waals surface area contributed by atoms with Crippen molar-refractivity contribution in [3.05, 3.63) is 12.7 Å². The highest BCUT2D eigenvalue weighted by atomic mass is 28.4. The molecule has 0 radical (unpaired) electrons. The molecule has 2 unspecified atom stereocenters. The first-order valence-corrected chi connectivity index (χ1v) is 8.11. The van der Waals surface area contributed by atoms with E-state index in [4.69, 9.17) is 9.16 Å². The Balaban J connectivity index is 2.34. The van der Waals surface area contributed by atoms with E-state index >= 15 is 0 Å². The number of rotatable bonds is 4.